The summed E-state index contributed by atoms with van der Waals surface area (Å²) in [6, 6.07) is 20.9. The number of hydrogen-bond acceptors (Lipinski definition) is 8. The molecule has 0 aliphatic heterocycles. The lowest BCUT2D eigenvalue weighted by Gasteiger charge is -2.18. The van der Waals surface area contributed by atoms with Gasteiger partial charge in [0.15, 0.2) is 12.4 Å². The number of carbonyl (C=O) groups excluding carboxylic acids is 1. The van der Waals surface area contributed by atoms with E-state index in [1.54, 1.807) is 42.5 Å². The molecule has 0 radical (unpaired) electrons. The third-order valence-corrected chi connectivity index (χ3v) is 7.99. The predicted molar refractivity (Wildman–Crippen MR) is 191 cm³/mol. The summed E-state index contributed by atoms with van der Waals surface area (Å²) in [5, 5.41) is 19.7. The van der Waals surface area contributed by atoms with Crippen molar-refractivity contribution in [2.24, 2.45) is 5.10 Å². The standard InChI is InChI=1S/C36H34BrN5O6/c1-6-47-32-15-23(5)29(18-28(32)21(2)3)35-40-30-10-8-7-9-27(30)36(44)41(35)38-19-24-16-25(37)17-31(42(45)46)34(24)48-20-33(43)39-26-13-11-22(4)12-14-26/h7-19,21H,6,20H2,1-5H3,(H,39,43). The fourth-order valence-corrected chi connectivity index (χ4v) is 5.62. The quantitative estimate of drug-likeness (QED) is 0.0839. The van der Waals surface area contributed by atoms with Crippen LogP contribution in [0.2, 0.25) is 0 Å². The molecule has 0 saturated carbocycles. The van der Waals surface area contributed by atoms with E-state index in [0.29, 0.717) is 33.2 Å². The van der Waals surface area contributed by atoms with Crippen molar-refractivity contribution in [3.05, 3.63) is 120 Å². The van der Waals surface area contributed by atoms with Gasteiger partial charge in [0.25, 0.3) is 11.5 Å². The molecule has 5 rings (SSSR count). The Labute approximate surface area is 285 Å². The molecule has 0 saturated heterocycles. The van der Waals surface area contributed by atoms with E-state index in [1.807, 2.05) is 45.0 Å². The summed E-state index contributed by atoms with van der Waals surface area (Å²) >= 11 is 3.33. The average molecular weight is 713 g/mol. The molecule has 0 unspecified atom stereocenters. The molecular formula is C36H34BrN5O6. The van der Waals surface area contributed by atoms with E-state index in [4.69, 9.17) is 14.5 Å². The largest absolute Gasteiger partial charge is 0.494 e. The van der Waals surface area contributed by atoms with E-state index in [2.05, 4.69) is 40.2 Å². The van der Waals surface area contributed by atoms with Crippen LogP contribution in [-0.2, 0) is 4.79 Å². The SMILES string of the molecule is CCOc1cc(C)c(-c2nc3ccccc3c(=O)n2N=Cc2cc(Br)cc([N+](=O)[O-])c2OCC(=O)Nc2ccc(C)cc2)cc1C(C)C. The molecule has 4 aromatic carbocycles. The van der Waals surface area contributed by atoms with Crippen LogP contribution in [0.1, 0.15) is 48.9 Å². The topological polar surface area (TPSA) is 138 Å². The number of para-hydroxylation sites is 1. The third-order valence-electron chi connectivity index (χ3n) is 7.53. The van der Waals surface area contributed by atoms with E-state index in [9.17, 15) is 19.7 Å². The van der Waals surface area contributed by atoms with Gasteiger partial charge < -0.3 is 14.8 Å². The molecule has 0 bridgehead atoms. The number of aryl methyl sites for hydroxylation is 2. The summed E-state index contributed by atoms with van der Waals surface area (Å²) < 4.78 is 13.2. The number of benzene rings is 4. The molecule has 0 atom stereocenters. The highest BCUT2D eigenvalue weighted by molar-refractivity contribution is 9.10. The van der Waals surface area contributed by atoms with Crippen LogP contribution in [0.15, 0.2) is 87.2 Å². The predicted octanol–water partition coefficient (Wildman–Crippen LogP) is 7.77. The molecule has 11 nitrogen and oxygen atoms in total. The van der Waals surface area contributed by atoms with Crippen molar-refractivity contribution in [2.45, 2.75) is 40.5 Å². The fourth-order valence-electron chi connectivity index (χ4n) is 5.16. The maximum Gasteiger partial charge on any atom is 0.312 e. The Hall–Kier alpha value is -5.36. The highest BCUT2D eigenvalue weighted by Gasteiger charge is 2.23. The third kappa shape index (κ3) is 7.44. The molecule has 1 heterocycles. The first-order chi connectivity index (χ1) is 23.0. The molecule has 0 aliphatic carbocycles. The number of ether oxygens (including phenoxy) is 2. The van der Waals surface area contributed by atoms with Crippen molar-refractivity contribution >= 4 is 50.3 Å². The number of nitro benzene ring substituents is 1. The minimum atomic E-state index is -0.610. The molecule has 1 N–H and O–H groups in total. The van der Waals surface area contributed by atoms with Crippen molar-refractivity contribution in [2.75, 3.05) is 18.5 Å². The summed E-state index contributed by atoms with van der Waals surface area (Å²) in [5.41, 5.74) is 3.85. The molecular weight excluding hydrogens is 678 g/mol. The van der Waals surface area contributed by atoms with Gasteiger partial charge in [-0.05, 0) is 80.3 Å². The first-order valence-electron chi connectivity index (χ1n) is 15.3. The van der Waals surface area contributed by atoms with Gasteiger partial charge in [0.05, 0.1) is 28.6 Å². The van der Waals surface area contributed by atoms with Gasteiger partial charge in [-0.3, -0.25) is 19.7 Å². The fraction of sp³-hybridized carbons (Fsp3) is 0.222. The van der Waals surface area contributed by atoms with Crippen molar-refractivity contribution in [3.8, 4) is 22.9 Å². The Bertz CT molecular complexity index is 2110. The number of nitrogens with zero attached hydrogens (tertiary/aromatic N) is 4. The zero-order valence-corrected chi connectivity index (χ0v) is 28.7. The van der Waals surface area contributed by atoms with Crippen LogP contribution >= 0.6 is 15.9 Å². The van der Waals surface area contributed by atoms with E-state index < -0.39 is 23.0 Å². The van der Waals surface area contributed by atoms with Crippen molar-refractivity contribution in [3.63, 3.8) is 0 Å². The van der Waals surface area contributed by atoms with Gasteiger partial charge in [-0.2, -0.15) is 9.78 Å². The minimum absolute atomic E-state index is 0.111. The maximum atomic E-state index is 14.0. The molecule has 12 heteroatoms. The Morgan fingerprint density at radius 2 is 1.81 bits per heavy atom. The molecule has 0 spiro atoms. The maximum absolute atomic E-state index is 14.0. The number of nitrogens with one attached hydrogen (secondary N) is 1. The van der Waals surface area contributed by atoms with Crippen LogP contribution in [0.5, 0.6) is 11.5 Å². The summed E-state index contributed by atoms with van der Waals surface area (Å²) in [6.45, 7) is 9.85. The van der Waals surface area contributed by atoms with Crippen LogP contribution in [0.3, 0.4) is 0 Å². The minimum Gasteiger partial charge on any atom is -0.494 e. The van der Waals surface area contributed by atoms with Crippen LogP contribution < -0.4 is 20.3 Å². The van der Waals surface area contributed by atoms with Crippen molar-refractivity contribution in [1.82, 2.24) is 9.66 Å². The lowest BCUT2D eigenvalue weighted by atomic mass is 9.96. The zero-order chi connectivity index (χ0) is 34.5. The second-order valence-corrected chi connectivity index (χ2v) is 12.3. The molecule has 246 valence electrons. The summed E-state index contributed by atoms with van der Waals surface area (Å²) in [5.74, 6) is 0.445. The molecule has 1 aromatic heterocycles. The van der Waals surface area contributed by atoms with Gasteiger partial charge in [0.1, 0.15) is 5.75 Å². The first kappa shape index (κ1) is 34.0. The highest BCUT2D eigenvalue weighted by atomic mass is 79.9. The lowest BCUT2D eigenvalue weighted by Crippen LogP contribution is -2.21. The number of amides is 1. The highest BCUT2D eigenvalue weighted by Crippen LogP contribution is 2.36. The van der Waals surface area contributed by atoms with Crippen molar-refractivity contribution < 1.29 is 19.2 Å². The van der Waals surface area contributed by atoms with Crippen LogP contribution in [0, 0.1) is 24.0 Å². The lowest BCUT2D eigenvalue weighted by molar-refractivity contribution is -0.385. The van der Waals surface area contributed by atoms with Crippen LogP contribution in [0.25, 0.3) is 22.3 Å². The Morgan fingerprint density at radius 3 is 2.50 bits per heavy atom. The Kier molecular flexibility index (Phi) is 10.3. The molecule has 0 fully saturated rings. The summed E-state index contributed by atoms with van der Waals surface area (Å²) in [7, 11) is 0. The van der Waals surface area contributed by atoms with Gasteiger partial charge in [0.2, 0.25) is 5.75 Å². The van der Waals surface area contributed by atoms with Gasteiger partial charge in [0, 0.05) is 27.4 Å². The van der Waals surface area contributed by atoms with E-state index >= 15 is 0 Å². The monoisotopic (exact) mass is 711 g/mol. The van der Waals surface area contributed by atoms with Gasteiger partial charge in [-0.25, -0.2) is 4.98 Å². The van der Waals surface area contributed by atoms with E-state index in [1.165, 1.54) is 17.0 Å². The van der Waals surface area contributed by atoms with Gasteiger partial charge in [-0.1, -0.05) is 59.6 Å². The molecule has 5 aromatic rings. The number of carbonyl (C=O) groups is 1. The van der Waals surface area contributed by atoms with Crippen molar-refractivity contribution in [1.29, 1.82) is 0 Å². The smallest absolute Gasteiger partial charge is 0.312 e. The zero-order valence-electron chi connectivity index (χ0n) is 27.1. The number of hydrogen-bond donors (Lipinski definition) is 1. The Morgan fingerprint density at radius 1 is 1.08 bits per heavy atom. The number of nitro groups is 1. The van der Waals surface area contributed by atoms with Gasteiger partial charge in [-0.15, -0.1) is 0 Å². The summed E-state index contributed by atoms with van der Waals surface area (Å²) in [4.78, 5) is 43.0. The van der Waals surface area contributed by atoms with E-state index in [-0.39, 0.29) is 28.7 Å². The molecule has 0 aliphatic rings. The van der Waals surface area contributed by atoms with Crippen LogP contribution in [-0.4, -0.2) is 39.9 Å². The van der Waals surface area contributed by atoms with Gasteiger partial charge >= 0.3 is 5.69 Å². The number of rotatable bonds is 11. The molecule has 1 amide bonds. The van der Waals surface area contributed by atoms with Crippen LogP contribution in [0.4, 0.5) is 11.4 Å². The first-order valence-corrected chi connectivity index (χ1v) is 16.1. The average Bonchev–Trinajstić information content (AvgIpc) is 3.04. The second kappa shape index (κ2) is 14.6. The normalized spacial score (nSPS) is 11.3. The number of halogens is 1. The number of fused-ring (bicyclic) bond motifs is 1. The number of aromatic nitrogens is 2. The number of anilines is 1. The Balaban J connectivity index is 1.61. The molecule has 48 heavy (non-hydrogen) atoms. The van der Waals surface area contributed by atoms with E-state index in [0.717, 1.165) is 22.4 Å². The summed E-state index contributed by atoms with van der Waals surface area (Å²) in [6.07, 6.45) is 1.29. The second-order valence-electron chi connectivity index (χ2n) is 11.4.